The van der Waals surface area contributed by atoms with Gasteiger partial charge in [0, 0.05) is 18.7 Å². The molecule has 144 valence electrons. The molecular weight excluding hydrogens is 375 g/mol. The molecule has 2 aliphatic carbocycles. The van der Waals surface area contributed by atoms with Crippen LogP contribution < -0.4 is 10.6 Å². The predicted molar refractivity (Wildman–Crippen MR) is 104 cm³/mol. The summed E-state index contributed by atoms with van der Waals surface area (Å²) in [4.78, 5) is 17.8. The lowest BCUT2D eigenvalue weighted by Gasteiger charge is -2.23. The van der Waals surface area contributed by atoms with Crippen LogP contribution in [0.15, 0.2) is 24.4 Å². The molecule has 1 aromatic carbocycles. The van der Waals surface area contributed by atoms with Crippen LogP contribution in [-0.2, 0) is 11.2 Å². The summed E-state index contributed by atoms with van der Waals surface area (Å²) < 4.78 is 14.6. The molecule has 1 saturated heterocycles. The maximum Gasteiger partial charge on any atom is 0.238 e. The van der Waals surface area contributed by atoms with E-state index >= 15 is 0 Å². The van der Waals surface area contributed by atoms with Crippen LogP contribution in [0.5, 0.6) is 0 Å². The molecule has 7 heteroatoms. The Morgan fingerprint density at radius 1 is 1.43 bits per heavy atom. The van der Waals surface area contributed by atoms with E-state index in [0.717, 1.165) is 27.8 Å². The van der Waals surface area contributed by atoms with Crippen LogP contribution in [-0.4, -0.2) is 29.0 Å². The van der Waals surface area contributed by atoms with Crippen molar-refractivity contribution in [2.75, 3.05) is 0 Å². The van der Waals surface area contributed by atoms with E-state index in [0.29, 0.717) is 23.4 Å². The van der Waals surface area contributed by atoms with Gasteiger partial charge < -0.3 is 10.6 Å². The fourth-order valence-corrected chi connectivity index (χ4v) is 5.78. The van der Waals surface area contributed by atoms with E-state index in [4.69, 9.17) is 0 Å². The third-order valence-corrected chi connectivity index (χ3v) is 7.41. The maximum atomic E-state index is 14.6. The van der Waals surface area contributed by atoms with Crippen molar-refractivity contribution in [1.82, 2.24) is 15.6 Å². The lowest BCUT2D eigenvalue weighted by molar-refractivity contribution is -0.124. The van der Waals surface area contributed by atoms with Crippen molar-refractivity contribution in [2.24, 2.45) is 17.8 Å². The number of carbonyl (C=O) groups excluding carboxylic acids is 1. The molecule has 5 rings (SSSR count). The number of halogens is 1. The number of hydrogen-bond acceptors (Lipinski definition) is 5. The van der Waals surface area contributed by atoms with Gasteiger partial charge in [0.2, 0.25) is 5.91 Å². The Balaban J connectivity index is 1.25. The summed E-state index contributed by atoms with van der Waals surface area (Å²) in [6.07, 6.45) is 4.19. The molecule has 5 nitrogen and oxygen atoms in total. The molecule has 2 bridgehead atoms. The molecular formula is C21H21FN4OS. The molecule has 2 aromatic rings. The molecule has 0 radical (unpaired) electrons. The summed E-state index contributed by atoms with van der Waals surface area (Å²) in [6, 6.07) is 6.64. The molecule has 3 aliphatic rings. The number of nitrogens with one attached hydrogen (secondary N) is 2. The van der Waals surface area contributed by atoms with Gasteiger partial charge in [-0.05, 0) is 54.7 Å². The van der Waals surface area contributed by atoms with Crippen molar-refractivity contribution in [3.63, 3.8) is 0 Å². The number of carbonyl (C=O) groups is 1. The number of aromatic nitrogens is 1. The Kier molecular flexibility index (Phi) is 4.22. The number of benzene rings is 1. The Morgan fingerprint density at radius 3 is 2.93 bits per heavy atom. The first-order valence-electron chi connectivity index (χ1n) is 9.70. The lowest BCUT2D eigenvalue weighted by atomic mass is 9.96. The zero-order valence-electron chi connectivity index (χ0n) is 15.5. The zero-order chi connectivity index (χ0) is 19.4. The SMILES string of the molecule is Cc1ncc(-c2ccc(C[C@@H](C#N)NC(=O)C3NC4CC3C3CC43)c(F)c2)s1. The van der Waals surface area contributed by atoms with E-state index in [1.165, 1.54) is 23.8 Å². The summed E-state index contributed by atoms with van der Waals surface area (Å²) in [5.41, 5.74) is 1.20. The number of fused-ring (bicyclic) bond motifs is 5. The van der Waals surface area contributed by atoms with Crippen molar-refractivity contribution >= 4 is 17.2 Å². The first-order valence-corrected chi connectivity index (χ1v) is 10.5. The van der Waals surface area contributed by atoms with E-state index in [-0.39, 0.29) is 24.2 Å². The van der Waals surface area contributed by atoms with Crippen LogP contribution in [0.2, 0.25) is 0 Å². The average molecular weight is 396 g/mol. The first kappa shape index (κ1) is 17.8. The van der Waals surface area contributed by atoms with Crippen molar-refractivity contribution in [2.45, 2.75) is 44.3 Å². The molecule has 1 amide bonds. The number of piperidine rings is 1. The minimum atomic E-state index is -0.741. The highest BCUT2D eigenvalue weighted by Gasteiger charge is 2.62. The maximum absolute atomic E-state index is 14.6. The van der Waals surface area contributed by atoms with Crippen molar-refractivity contribution in [3.8, 4) is 16.5 Å². The molecule has 1 aromatic heterocycles. The Morgan fingerprint density at radius 2 is 2.29 bits per heavy atom. The van der Waals surface area contributed by atoms with E-state index in [1.807, 2.05) is 13.0 Å². The molecule has 2 N–H and O–H groups in total. The second-order valence-electron chi connectivity index (χ2n) is 8.16. The normalized spacial score (nSPS) is 30.5. The van der Waals surface area contributed by atoms with Gasteiger partial charge in [0.05, 0.1) is 22.0 Å². The van der Waals surface area contributed by atoms with Crippen LogP contribution >= 0.6 is 11.3 Å². The molecule has 2 saturated carbocycles. The molecule has 0 spiro atoms. The number of nitrogens with zero attached hydrogens (tertiary/aromatic N) is 2. The third kappa shape index (κ3) is 3.01. The molecule has 1 aliphatic heterocycles. The van der Waals surface area contributed by atoms with E-state index in [9.17, 15) is 14.4 Å². The standard InChI is InChI=1S/C21H21FN4OS/c1-10-24-9-19(28-10)12-3-2-11(17(22)5-12)4-13(8-23)25-21(27)20-16-7-18(26-20)15-6-14(15)16/h2-3,5,9,13-16,18,20,26H,4,6-7H2,1H3,(H,25,27)/t13-,14?,15?,16?,18?,20?/m0/s1. The summed E-state index contributed by atoms with van der Waals surface area (Å²) in [5, 5.41) is 16.6. The molecule has 6 atom stereocenters. The van der Waals surface area contributed by atoms with E-state index < -0.39 is 6.04 Å². The molecule has 3 fully saturated rings. The number of nitriles is 1. The second-order valence-corrected chi connectivity index (χ2v) is 9.39. The van der Waals surface area contributed by atoms with Gasteiger partial charge in [0.1, 0.15) is 11.9 Å². The van der Waals surface area contributed by atoms with Crippen molar-refractivity contribution < 1.29 is 9.18 Å². The summed E-state index contributed by atoms with van der Waals surface area (Å²) in [6.45, 7) is 1.91. The average Bonchev–Trinajstić information content (AvgIpc) is 3.03. The van der Waals surface area contributed by atoms with Crippen LogP contribution in [0.4, 0.5) is 4.39 Å². The minimum absolute atomic E-state index is 0.124. The fourth-order valence-electron chi connectivity index (χ4n) is 5.00. The third-order valence-electron chi connectivity index (χ3n) is 6.44. The van der Waals surface area contributed by atoms with Gasteiger partial charge in [-0.15, -0.1) is 11.3 Å². The topological polar surface area (TPSA) is 77.8 Å². The predicted octanol–water partition coefficient (Wildman–Crippen LogP) is 2.80. The minimum Gasteiger partial charge on any atom is -0.339 e. The number of thiazole rings is 1. The van der Waals surface area contributed by atoms with Gasteiger partial charge in [0.25, 0.3) is 0 Å². The smallest absolute Gasteiger partial charge is 0.238 e. The van der Waals surface area contributed by atoms with Gasteiger partial charge in [-0.1, -0.05) is 12.1 Å². The summed E-state index contributed by atoms with van der Waals surface area (Å²) in [5.74, 6) is 1.35. The van der Waals surface area contributed by atoms with Crippen LogP contribution in [0.3, 0.4) is 0 Å². The van der Waals surface area contributed by atoms with E-state index in [2.05, 4.69) is 21.7 Å². The van der Waals surface area contributed by atoms with Gasteiger partial charge in [-0.3, -0.25) is 4.79 Å². The van der Waals surface area contributed by atoms with Crippen molar-refractivity contribution in [1.29, 1.82) is 5.26 Å². The Labute approximate surface area is 167 Å². The summed E-state index contributed by atoms with van der Waals surface area (Å²) in [7, 11) is 0. The number of aryl methyl sites for hydroxylation is 1. The fraction of sp³-hybridized carbons (Fsp3) is 0.476. The van der Waals surface area contributed by atoms with Crippen molar-refractivity contribution in [3.05, 3.63) is 40.8 Å². The largest absolute Gasteiger partial charge is 0.339 e. The lowest BCUT2D eigenvalue weighted by Crippen LogP contribution is -2.51. The van der Waals surface area contributed by atoms with Gasteiger partial charge >= 0.3 is 0 Å². The van der Waals surface area contributed by atoms with Gasteiger partial charge in [-0.25, -0.2) is 9.37 Å². The second kappa shape index (κ2) is 6.64. The monoisotopic (exact) mass is 396 g/mol. The van der Waals surface area contributed by atoms with E-state index in [1.54, 1.807) is 12.3 Å². The highest BCUT2D eigenvalue weighted by Crippen LogP contribution is 2.59. The van der Waals surface area contributed by atoms with Gasteiger partial charge in [-0.2, -0.15) is 5.26 Å². The quantitative estimate of drug-likeness (QED) is 0.815. The molecule has 5 unspecified atom stereocenters. The molecule has 2 heterocycles. The number of amides is 1. The Bertz CT molecular complexity index is 983. The highest BCUT2D eigenvalue weighted by atomic mass is 32.1. The van der Waals surface area contributed by atoms with Crippen LogP contribution in [0.1, 0.15) is 23.4 Å². The summed E-state index contributed by atoms with van der Waals surface area (Å²) >= 11 is 1.51. The van der Waals surface area contributed by atoms with Crippen LogP contribution in [0, 0.1) is 41.8 Å². The molecule has 28 heavy (non-hydrogen) atoms. The zero-order valence-corrected chi connectivity index (χ0v) is 16.3. The van der Waals surface area contributed by atoms with Gasteiger partial charge in [0.15, 0.2) is 0 Å². The Hall–Kier alpha value is -2.30. The highest BCUT2D eigenvalue weighted by molar-refractivity contribution is 7.15. The number of hydrogen-bond donors (Lipinski definition) is 2. The first-order chi connectivity index (χ1) is 13.5. The van der Waals surface area contributed by atoms with Crippen LogP contribution in [0.25, 0.3) is 10.4 Å². The number of rotatable bonds is 5.